The van der Waals surface area contributed by atoms with Gasteiger partial charge >= 0.3 is 5.97 Å². The van der Waals surface area contributed by atoms with Gasteiger partial charge in [-0.15, -0.1) is 0 Å². The van der Waals surface area contributed by atoms with E-state index in [1.54, 1.807) is 23.7 Å². The van der Waals surface area contributed by atoms with E-state index < -0.39 is 0 Å². The molecule has 1 heterocycles. The fourth-order valence-electron chi connectivity index (χ4n) is 2.80. The average Bonchev–Trinajstić information content (AvgIpc) is 2.55. The molecule has 1 aromatic heterocycles. The minimum atomic E-state index is -0.340. The summed E-state index contributed by atoms with van der Waals surface area (Å²) in [4.78, 5) is 23.3. The van der Waals surface area contributed by atoms with Gasteiger partial charge in [-0.05, 0) is 53.3 Å². The van der Waals surface area contributed by atoms with Crippen LogP contribution in [0.25, 0.3) is 5.57 Å². The number of ether oxygens (including phenoxy) is 1. The number of carbonyl (C=O) groups is 1. The number of fused-ring (bicyclic) bond motifs is 1. The van der Waals surface area contributed by atoms with Crippen LogP contribution in [-0.4, -0.2) is 17.6 Å². The molecule has 0 amide bonds. The van der Waals surface area contributed by atoms with Crippen LogP contribution >= 0.6 is 0 Å². The summed E-state index contributed by atoms with van der Waals surface area (Å²) in [6.45, 7) is 0. The van der Waals surface area contributed by atoms with Crippen LogP contribution in [0, 0.1) is 0 Å². The van der Waals surface area contributed by atoms with Crippen molar-refractivity contribution in [2.24, 2.45) is 7.05 Å². The van der Waals surface area contributed by atoms with Gasteiger partial charge in [0.25, 0.3) is 0 Å². The quantitative estimate of drug-likeness (QED) is 0.800. The molecule has 0 atom stereocenters. The zero-order valence-electron chi connectivity index (χ0n) is 12.6. The van der Waals surface area contributed by atoms with E-state index in [1.165, 1.54) is 12.7 Å². The van der Waals surface area contributed by atoms with Crippen molar-refractivity contribution in [3.63, 3.8) is 0 Å². The second-order valence-corrected chi connectivity index (χ2v) is 5.39. The lowest BCUT2D eigenvalue weighted by molar-refractivity contribution is 0.0600. The standard InChI is InChI=1S/C18H17NO3/c1-19-11-14(8-9-17(19)20)15-5-3-4-12-6-7-13(10-16(12)15)18(21)22-2/h5-11H,3-4H2,1-2H3. The minimum Gasteiger partial charge on any atom is -0.465 e. The number of nitrogens with zero attached hydrogens (tertiary/aromatic N) is 1. The predicted octanol–water partition coefficient (Wildman–Crippen LogP) is 2.55. The summed E-state index contributed by atoms with van der Waals surface area (Å²) in [6, 6.07) is 9.05. The molecule has 0 unspecified atom stereocenters. The topological polar surface area (TPSA) is 48.3 Å². The van der Waals surface area contributed by atoms with Crippen molar-refractivity contribution >= 4 is 11.5 Å². The Bertz CT molecular complexity index is 830. The van der Waals surface area contributed by atoms with Gasteiger partial charge in [-0.25, -0.2) is 4.79 Å². The van der Waals surface area contributed by atoms with Crippen molar-refractivity contribution in [2.45, 2.75) is 12.8 Å². The molecule has 112 valence electrons. The molecule has 3 rings (SSSR count). The average molecular weight is 295 g/mol. The van der Waals surface area contributed by atoms with Crippen LogP contribution < -0.4 is 5.56 Å². The molecule has 0 radical (unpaired) electrons. The number of carbonyl (C=O) groups excluding carboxylic acids is 1. The van der Waals surface area contributed by atoms with Crippen molar-refractivity contribution < 1.29 is 9.53 Å². The van der Waals surface area contributed by atoms with Gasteiger partial charge in [-0.3, -0.25) is 4.79 Å². The third kappa shape index (κ3) is 2.48. The number of hydrogen-bond acceptors (Lipinski definition) is 3. The number of aryl methyl sites for hydroxylation is 2. The summed E-state index contributed by atoms with van der Waals surface area (Å²) in [6.07, 6.45) is 5.88. The van der Waals surface area contributed by atoms with Crippen molar-refractivity contribution in [2.75, 3.05) is 7.11 Å². The van der Waals surface area contributed by atoms with E-state index in [0.29, 0.717) is 5.56 Å². The molecule has 0 N–H and O–H groups in total. The van der Waals surface area contributed by atoms with Gasteiger partial charge in [0.1, 0.15) is 0 Å². The highest BCUT2D eigenvalue weighted by Crippen LogP contribution is 2.32. The number of hydrogen-bond donors (Lipinski definition) is 0. The molecule has 1 aliphatic rings. The first kappa shape index (κ1) is 14.3. The monoisotopic (exact) mass is 295 g/mol. The highest BCUT2D eigenvalue weighted by Gasteiger charge is 2.17. The maximum atomic E-state index is 11.8. The summed E-state index contributed by atoms with van der Waals surface area (Å²) in [7, 11) is 3.12. The van der Waals surface area contributed by atoms with Crippen LogP contribution in [0.4, 0.5) is 0 Å². The fraction of sp³-hybridized carbons (Fsp3) is 0.222. The Morgan fingerprint density at radius 3 is 2.77 bits per heavy atom. The normalized spacial score (nSPS) is 13.3. The van der Waals surface area contributed by atoms with E-state index in [9.17, 15) is 9.59 Å². The van der Waals surface area contributed by atoms with Gasteiger partial charge in [-0.1, -0.05) is 12.1 Å². The highest BCUT2D eigenvalue weighted by molar-refractivity contribution is 5.92. The number of allylic oxidation sites excluding steroid dienone is 1. The first-order valence-electron chi connectivity index (χ1n) is 7.19. The lowest BCUT2D eigenvalue weighted by Gasteiger charge is -2.19. The van der Waals surface area contributed by atoms with E-state index in [1.807, 2.05) is 24.4 Å². The molecule has 2 aromatic rings. The second kappa shape index (κ2) is 5.64. The zero-order chi connectivity index (χ0) is 15.7. The summed E-state index contributed by atoms with van der Waals surface area (Å²) in [5.74, 6) is -0.340. The van der Waals surface area contributed by atoms with Gasteiger partial charge in [0.15, 0.2) is 0 Å². The molecule has 0 saturated heterocycles. The molecule has 0 spiro atoms. The highest BCUT2D eigenvalue weighted by atomic mass is 16.5. The summed E-state index contributed by atoms with van der Waals surface area (Å²) < 4.78 is 6.36. The van der Waals surface area contributed by atoms with Crippen LogP contribution in [0.15, 0.2) is 47.4 Å². The molecule has 0 saturated carbocycles. The van der Waals surface area contributed by atoms with E-state index in [0.717, 1.165) is 29.5 Å². The van der Waals surface area contributed by atoms with Crippen LogP contribution in [0.1, 0.15) is 33.5 Å². The van der Waals surface area contributed by atoms with Gasteiger partial charge < -0.3 is 9.30 Å². The van der Waals surface area contributed by atoms with E-state index in [2.05, 4.69) is 6.08 Å². The van der Waals surface area contributed by atoms with Crippen molar-refractivity contribution in [1.82, 2.24) is 4.57 Å². The number of rotatable bonds is 2. The molecule has 4 nitrogen and oxygen atoms in total. The molecule has 1 aliphatic carbocycles. The third-order valence-corrected chi connectivity index (χ3v) is 3.98. The first-order chi connectivity index (χ1) is 10.6. The molecule has 4 heteroatoms. The molecule has 0 fully saturated rings. The molecule has 22 heavy (non-hydrogen) atoms. The Morgan fingerprint density at radius 1 is 1.23 bits per heavy atom. The van der Waals surface area contributed by atoms with E-state index in [4.69, 9.17) is 4.74 Å². The maximum absolute atomic E-state index is 11.8. The second-order valence-electron chi connectivity index (χ2n) is 5.39. The van der Waals surface area contributed by atoms with Gasteiger partial charge in [0.05, 0.1) is 12.7 Å². The summed E-state index contributed by atoms with van der Waals surface area (Å²) in [5.41, 5.74) is 4.78. The maximum Gasteiger partial charge on any atom is 0.337 e. The predicted molar refractivity (Wildman–Crippen MR) is 84.9 cm³/mol. The number of methoxy groups -OCH3 is 1. The third-order valence-electron chi connectivity index (χ3n) is 3.98. The van der Waals surface area contributed by atoms with Crippen LogP contribution in [0.3, 0.4) is 0 Å². The lowest BCUT2D eigenvalue weighted by Crippen LogP contribution is -2.15. The summed E-state index contributed by atoms with van der Waals surface area (Å²) in [5, 5.41) is 0. The Hall–Kier alpha value is -2.62. The van der Waals surface area contributed by atoms with E-state index >= 15 is 0 Å². The molecule has 0 aliphatic heterocycles. The zero-order valence-corrected chi connectivity index (χ0v) is 12.6. The molecule has 1 aromatic carbocycles. The number of aromatic nitrogens is 1. The largest absolute Gasteiger partial charge is 0.465 e. The Labute approximate surface area is 128 Å². The number of esters is 1. The van der Waals surface area contributed by atoms with Gasteiger partial charge in [0.2, 0.25) is 5.56 Å². The Kier molecular flexibility index (Phi) is 3.67. The van der Waals surface area contributed by atoms with Crippen molar-refractivity contribution in [3.05, 3.63) is 75.2 Å². The Balaban J connectivity index is 2.12. The molecule has 0 bridgehead atoms. The van der Waals surface area contributed by atoms with Gasteiger partial charge in [-0.2, -0.15) is 0 Å². The molecular weight excluding hydrogens is 278 g/mol. The van der Waals surface area contributed by atoms with Crippen LogP contribution in [0.5, 0.6) is 0 Å². The Morgan fingerprint density at radius 2 is 2.05 bits per heavy atom. The minimum absolute atomic E-state index is 0.0382. The van der Waals surface area contributed by atoms with E-state index in [-0.39, 0.29) is 11.5 Å². The molecular formula is C18H17NO3. The summed E-state index contributed by atoms with van der Waals surface area (Å²) >= 11 is 0. The van der Waals surface area contributed by atoms with Crippen molar-refractivity contribution in [3.8, 4) is 0 Å². The first-order valence-corrected chi connectivity index (χ1v) is 7.19. The fourth-order valence-corrected chi connectivity index (χ4v) is 2.80. The van der Waals surface area contributed by atoms with Crippen LogP contribution in [0.2, 0.25) is 0 Å². The van der Waals surface area contributed by atoms with Gasteiger partial charge in [0, 0.05) is 19.3 Å². The van der Waals surface area contributed by atoms with Crippen molar-refractivity contribution in [1.29, 1.82) is 0 Å². The SMILES string of the molecule is COC(=O)c1ccc2c(c1)C(c1ccc(=O)n(C)c1)=CCC2. The lowest BCUT2D eigenvalue weighted by atomic mass is 9.86. The number of benzene rings is 1. The number of pyridine rings is 1. The van der Waals surface area contributed by atoms with Crippen LogP contribution in [-0.2, 0) is 18.2 Å². The smallest absolute Gasteiger partial charge is 0.337 e.